The molecule has 11 heavy (non-hydrogen) atoms. The molecule has 0 saturated carbocycles. The van der Waals surface area contributed by atoms with E-state index in [0.717, 1.165) is 26.1 Å². The summed E-state index contributed by atoms with van der Waals surface area (Å²) in [4.78, 5) is 12.9. The summed E-state index contributed by atoms with van der Waals surface area (Å²) in [6.07, 6.45) is 2.39. The highest BCUT2D eigenvalue weighted by Crippen LogP contribution is 2.29. The molecule has 2 aliphatic heterocycles. The van der Waals surface area contributed by atoms with Crippen LogP contribution >= 0.6 is 0 Å². The molecule has 1 spiro atoms. The lowest BCUT2D eigenvalue weighted by Crippen LogP contribution is -2.58. The van der Waals surface area contributed by atoms with Crippen molar-refractivity contribution in [2.24, 2.45) is 0 Å². The third kappa shape index (κ3) is 1.03. The molecule has 0 aromatic rings. The first-order valence-electron chi connectivity index (χ1n) is 4.22. The van der Waals surface area contributed by atoms with Crippen molar-refractivity contribution in [3.63, 3.8) is 0 Å². The Bertz CT molecular complexity index is 187. The average Bonchev–Trinajstić information content (AvgIpc) is 2.28. The molecule has 0 aromatic heterocycles. The molecular weight excluding hydrogens is 140 g/mol. The van der Waals surface area contributed by atoms with Gasteiger partial charge in [-0.3, -0.25) is 4.79 Å². The van der Waals surface area contributed by atoms with Crippen molar-refractivity contribution in [1.29, 1.82) is 0 Å². The zero-order chi connectivity index (χ0) is 7.90. The van der Waals surface area contributed by atoms with Crippen molar-refractivity contribution in [2.75, 3.05) is 19.6 Å². The first-order chi connectivity index (χ1) is 5.22. The monoisotopic (exact) mass is 154 g/mol. The summed E-state index contributed by atoms with van der Waals surface area (Å²) in [6.45, 7) is 4.66. The predicted molar refractivity (Wildman–Crippen MR) is 42.2 cm³/mol. The average molecular weight is 154 g/mol. The Hall–Kier alpha value is -0.570. The fourth-order valence-electron chi connectivity index (χ4n) is 1.97. The minimum Gasteiger partial charge on any atom is -0.341 e. The highest BCUT2D eigenvalue weighted by Gasteiger charge is 2.43. The van der Waals surface area contributed by atoms with E-state index in [1.807, 2.05) is 4.90 Å². The first kappa shape index (κ1) is 7.10. The Morgan fingerprint density at radius 1 is 1.55 bits per heavy atom. The van der Waals surface area contributed by atoms with Crippen LogP contribution in [0.3, 0.4) is 0 Å². The molecule has 0 unspecified atom stereocenters. The fourth-order valence-corrected chi connectivity index (χ4v) is 1.97. The molecule has 1 amide bonds. The van der Waals surface area contributed by atoms with Gasteiger partial charge < -0.3 is 10.2 Å². The zero-order valence-electron chi connectivity index (χ0n) is 6.89. The van der Waals surface area contributed by atoms with Gasteiger partial charge in [-0.2, -0.15) is 0 Å². The van der Waals surface area contributed by atoms with Crippen molar-refractivity contribution >= 4 is 5.91 Å². The van der Waals surface area contributed by atoms with E-state index >= 15 is 0 Å². The Morgan fingerprint density at radius 3 is 2.55 bits per heavy atom. The van der Waals surface area contributed by atoms with Crippen molar-refractivity contribution in [3.8, 4) is 0 Å². The second-order valence-electron chi connectivity index (χ2n) is 3.65. The number of rotatable bonds is 0. The lowest BCUT2D eigenvalue weighted by molar-refractivity contribution is -0.128. The topological polar surface area (TPSA) is 32.3 Å². The van der Waals surface area contributed by atoms with Crippen molar-refractivity contribution in [2.45, 2.75) is 25.3 Å². The molecule has 2 fully saturated rings. The van der Waals surface area contributed by atoms with Gasteiger partial charge in [0.05, 0.1) is 0 Å². The molecule has 1 atom stereocenters. The van der Waals surface area contributed by atoms with Crippen LogP contribution in [-0.2, 0) is 4.79 Å². The van der Waals surface area contributed by atoms with Crippen LogP contribution in [-0.4, -0.2) is 36.0 Å². The van der Waals surface area contributed by atoms with Gasteiger partial charge in [0, 0.05) is 25.6 Å². The molecule has 0 radical (unpaired) electrons. The van der Waals surface area contributed by atoms with Gasteiger partial charge in [0.15, 0.2) is 0 Å². The summed E-state index contributed by atoms with van der Waals surface area (Å²) < 4.78 is 0. The first-order valence-corrected chi connectivity index (χ1v) is 4.22. The maximum atomic E-state index is 11.0. The molecule has 0 aromatic carbocycles. The molecule has 2 saturated heterocycles. The Kier molecular flexibility index (Phi) is 1.42. The Balaban J connectivity index is 1.98. The predicted octanol–water partition coefficient (Wildman–Crippen LogP) is -0.0293. The molecule has 0 bridgehead atoms. The van der Waals surface area contributed by atoms with Gasteiger partial charge in [-0.1, -0.05) is 0 Å². The van der Waals surface area contributed by atoms with Gasteiger partial charge in [0.1, 0.15) is 0 Å². The zero-order valence-corrected chi connectivity index (χ0v) is 6.89. The second kappa shape index (κ2) is 2.21. The van der Waals surface area contributed by atoms with Crippen molar-refractivity contribution in [1.82, 2.24) is 10.2 Å². The van der Waals surface area contributed by atoms with E-state index < -0.39 is 0 Å². The van der Waals surface area contributed by atoms with Gasteiger partial charge in [0.2, 0.25) is 5.91 Å². The van der Waals surface area contributed by atoms with E-state index in [9.17, 15) is 4.79 Å². The number of hydrogen-bond donors (Lipinski definition) is 1. The number of hydrogen-bond acceptors (Lipinski definition) is 2. The largest absolute Gasteiger partial charge is 0.341 e. The highest BCUT2D eigenvalue weighted by atomic mass is 16.2. The number of carbonyl (C=O) groups excluding carboxylic acids is 1. The van der Waals surface area contributed by atoms with Crippen LogP contribution in [0.15, 0.2) is 0 Å². The summed E-state index contributed by atoms with van der Waals surface area (Å²) in [5.74, 6) is 0.218. The maximum Gasteiger partial charge on any atom is 0.219 e. The van der Waals surface area contributed by atoms with Gasteiger partial charge >= 0.3 is 0 Å². The smallest absolute Gasteiger partial charge is 0.219 e. The molecule has 2 aliphatic rings. The second-order valence-corrected chi connectivity index (χ2v) is 3.65. The lowest BCUT2D eigenvalue weighted by atomic mass is 9.87. The lowest BCUT2D eigenvalue weighted by Gasteiger charge is -2.39. The van der Waals surface area contributed by atoms with Gasteiger partial charge in [-0.05, 0) is 19.4 Å². The SMILES string of the molecule is CC(=O)N1CC[C@@]2(CCN2)C1. The summed E-state index contributed by atoms with van der Waals surface area (Å²) in [7, 11) is 0. The van der Waals surface area contributed by atoms with E-state index in [0.29, 0.717) is 5.54 Å². The normalized spacial score (nSPS) is 35.9. The highest BCUT2D eigenvalue weighted by molar-refractivity contribution is 5.73. The molecule has 3 heteroatoms. The van der Waals surface area contributed by atoms with E-state index in [2.05, 4.69) is 5.32 Å². The number of carbonyl (C=O) groups is 1. The summed E-state index contributed by atoms with van der Waals surface area (Å²) >= 11 is 0. The van der Waals surface area contributed by atoms with Gasteiger partial charge in [0.25, 0.3) is 0 Å². The Morgan fingerprint density at radius 2 is 2.27 bits per heavy atom. The minimum absolute atomic E-state index is 0.218. The third-order valence-corrected chi connectivity index (χ3v) is 2.90. The standard InChI is InChI=1S/C8H14N2O/c1-7(11)10-5-3-8(6-10)2-4-9-8/h9H,2-6H2,1H3/t8-/m0/s1. The quantitative estimate of drug-likeness (QED) is 0.531. The van der Waals surface area contributed by atoms with Crippen LogP contribution in [0.2, 0.25) is 0 Å². The fraction of sp³-hybridized carbons (Fsp3) is 0.875. The Labute approximate surface area is 66.8 Å². The van der Waals surface area contributed by atoms with Crippen LogP contribution in [0, 0.1) is 0 Å². The van der Waals surface area contributed by atoms with Crippen LogP contribution in [0.5, 0.6) is 0 Å². The molecule has 3 nitrogen and oxygen atoms in total. The molecule has 1 N–H and O–H groups in total. The number of amides is 1. The molecular formula is C8H14N2O. The van der Waals surface area contributed by atoms with Crippen LogP contribution in [0.4, 0.5) is 0 Å². The van der Waals surface area contributed by atoms with E-state index in [1.54, 1.807) is 6.92 Å². The third-order valence-electron chi connectivity index (χ3n) is 2.90. The van der Waals surface area contributed by atoms with Crippen LogP contribution in [0.25, 0.3) is 0 Å². The minimum atomic E-state index is 0.218. The van der Waals surface area contributed by atoms with Crippen LogP contribution in [0.1, 0.15) is 19.8 Å². The molecule has 0 aliphatic carbocycles. The van der Waals surface area contributed by atoms with E-state index in [-0.39, 0.29) is 5.91 Å². The molecule has 2 rings (SSSR count). The number of likely N-dealkylation sites (tertiary alicyclic amines) is 1. The van der Waals surface area contributed by atoms with E-state index in [4.69, 9.17) is 0 Å². The van der Waals surface area contributed by atoms with Gasteiger partial charge in [-0.15, -0.1) is 0 Å². The van der Waals surface area contributed by atoms with Crippen LogP contribution < -0.4 is 5.32 Å². The maximum absolute atomic E-state index is 11.0. The summed E-state index contributed by atoms with van der Waals surface area (Å²) in [6, 6.07) is 0. The molecule has 62 valence electrons. The van der Waals surface area contributed by atoms with Crippen molar-refractivity contribution in [3.05, 3.63) is 0 Å². The summed E-state index contributed by atoms with van der Waals surface area (Å²) in [5.41, 5.74) is 0.325. The van der Waals surface area contributed by atoms with Gasteiger partial charge in [-0.25, -0.2) is 0 Å². The summed E-state index contributed by atoms with van der Waals surface area (Å²) in [5, 5.41) is 3.41. The van der Waals surface area contributed by atoms with Crippen molar-refractivity contribution < 1.29 is 4.79 Å². The van der Waals surface area contributed by atoms with E-state index in [1.165, 1.54) is 6.42 Å². The number of nitrogens with zero attached hydrogens (tertiary/aromatic N) is 1. The number of nitrogens with one attached hydrogen (secondary N) is 1. The molecule has 2 heterocycles.